The Hall–Kier alpha value is -1.54. The molecule has 19 heavy (non-hydrogen) atoms. The monoisotopic (exact) mass is 301 g/mol. The lowest BCUT2D eigenvalue weighted by Gasteiger charge is -2.10. The Morgan fingerprint density at radius 1 is 1.47 bits per heavy atom. The van der Waals surface area contributed by atoms with Gasteiger partial charge in [-0.3, -0.25) is 4.79 Å². The van der Waals surface area contributed by atoms with Crippen LogP contribution < -0.4 is 5.32 Å². The summed E-state index contributed by atoms with van der Waals surface area (Å²) in [5.74, 6) is -1.88. The number of aromatic nitrogens is 2. The van der Waals surface area contributed by atoms with Crippen molar-refractivity contribution in [3.63, 3.8) is 0 Å². The molecule has 0 fully saturated rings. The van der Waals surface area contributed by atoms with E-state index < -0.39 is 16.9 Å². The quantitative estimate of drug-likeness (QED) is 0.882. The Labute approximate surface area is 116 Å². The third kappa shape index (κ3) is 3.71. The van der Waals surface area contributed by atoms with Crippen LogP contribution in [0.25, 0.3) is 0 Å². The average molecular weight is 301 g/mol. The van der Waals surface area contributed by atoms with Crippen LogP contribution in [0.5, 0.6) is 0 Å². The Morgan fingerprint density at radius 2 is 2.26 bits per heavy atom. The Balaban J connectivity index is 2.00. The predicted octanol–water partition coefficient (Wildman–Crippen LogP) is 2.94. The molecule has 2 rings (SSSR count). The molecule has 1 atom stereocenters. The highest BCUT2D eigenvalue weighted by atomic mass is 32.2. The van der Waals surface area contributed by atoms with Crippen LogP contribution >= 0.6 is 23.1 Å². The third-order valence-electron chi connectivity index (χ3n) is 2.18. The van der Waals surface area contributed by atoms with Crippen LogP contribution in [0.3, 0.4) is 0 Å². The van der Waals surface area contributed by atoms with Gasteiger partial charge < -0.3 is 5.32 Å². The van der Waals surface area contributed by atoms with Gasteiger partial charge in [-0.2, -0.15) is 0 Å². The molecular weight excluding hydrogens is 292 g/mol. The fraction of sp³-hybridized carbons (Fsp3) is 0.182. The second-order valence-corrected chi connectivity index (χ2v) is 6.00. The first-order valence-electron chi connectivity index (χ1n) is 5.25. The topological polar surface area (TPSA) is 54.9 Å². The Bertz CT molecular complexity index is 577. The van der Waals surface area contributed by atoms with Crippen LogP contribution in [0.2, 0.25) is 0 Å². The van der Waals surface area contributed by atoms with E-state index >= 15 is 0 Å². The molecule has 4 nitrogen and oxygen atoms in total. The summed E-state index contributed by atoms with van der Waals surface area (Å²) < 4.78 is 26.7. The lowest BCUT2D eigenvalue weighted by atomic mass is 10.3. The zero-order valence-electron chi connectivity index (χ0n) is 9.76. The van der Waals surface area contributed by atoms with E-state index in [4.69, 9.17) is 0 Å². The van der Waals surface area contributed by atoms with Gasteiger partial charge in [0.2, 0.25) is 5.91 Å². The summed E-state index contributed by atoms with van der Waals surface area (Å²) in [6.07, 6.45) is 0. The number of carbonyl (C=O) groups excluding carboxylic acids is 1. The molecule has 1 heterocycles. The first-order valence-corrected chi connectivity index (χ1v) is 7.01. The first-order chi connectivity index (χ1) is 9.06. The molecule has 0 saturated heterocycles. The number of rotatable bonds is 4. The molecule has 0 bridgehead atoms. The van der Waals surface area contributed by atoms with Crippen LogP contribution in [0, 0.1) is 11.6 Å². The maximum absolute atomic E-state index is 13.4. The summed E-state index contributed by atoms with van der Waals surface area (Å²) in [5.41, 5.74) is 1.52. The predicted molar refractivity (Wildman–Crippen MR) is 70.2 cm³/mol. The van der Waals surface area contributed by atoms with E-state index in [1.807, 2.05) is 0 Å². The molecule has 0 spiro atoms. The summed E-state index contributed by atoms with van der Waals surface area (Å²) in [6.45, 7) is 1.67. The smallest absolute Gasteiger partial charge is 0.237 e. The average Bonchev–Trinajstić information content (AvgIpc) is 2.85. The first kappa shape index (κ1) is 13.9. The molecule has 100 valence electrons. The molecule has 0 aliphatic rings. The van der Waals surface area contributed by atoms with Crippen molar-refractivity contribution in [2.75, 3.05) is 5.32 Å². The van der Waals surface area contributed by atoms with Gasteiger partial charge in [0.05, 0.1) is 10.9 Å². The Kier molecular flexibility index (Phi) is 4.43. The number of hydrogen-bond donors (Lipinski definition) is 1. The SMILES string of the molecule is C[C@H](Sc1nncs1)C(=O)Nc1ccc(F)cc1F. The van der Waals surface area contributed by atoms with Crippen LogP contribution in [-0.2, 0) is 4.79 Å². The highest BCUT2D eigenvalue weighted by Gasteiger charge is 2.17. The molecule has 0 aliphatic heterocycles. The Morgan fingerprint density at radius 3 is 2.89 bits per heavy atom. The molecule has 0 unspecified atom stereocenters. The van der Waals surface area contributed by atoms with Gasteiger partial charge in [-0.1, -0.05) is 23.1 Å². The highest BCUT2D eigenvalue weighted by molar-refractivity contribution is 8.02. The number of halogens is 2. The molecule has 1 N–H and O–H groups in total. The number of anilines is 1. The number of benzene rings is 1. The van der Waals surface area contributed by atoms with Crippen molar-refractivity contribution in [1.29, 1.82) is 0 Å². The van der Waals surface area contributed by atoms with Crippen molar-refractivity contribution in [2.24, 2.45) is 0 Å². The van der Waals surface area contributed by atoms with E-state index in [9.17, 15) is 13.6 Å². The standard InChI is InChI=1S/C11H9F2N3OS2/c1-6(19-11-16-14-5-18-11)10(17)15-9-3-2-7(12)4-8(9)13/h2-6H,1H3,(H,15,17)/t6-/m0/s1. The van der Waals surface area contributed by atoms with Crippen LogP contribution in [0.4, 0.5) is 14.5 Å². The molecule has 8 heteroatoms. The van der Waals surface area contributed by atoms with Crippen molar-refractivity contribution < 1.29 is 13.6 Å². The molecule has 0 saturated carbocycles. The van der Waals surface area contributed by atoms with Gasteiger partial charge in [0.1, 0.15) is 17.1 Å². The van der Waals surface area contributed by atoms with Gasteiger partial charge in [0, 0.05) is 6.07 Å². The zero-order valence-corrected chi connectivity index (χ0v) is 11.4. The van der Waals surface area contributed by atoms with Crippen molar-refractivity contribution in [2.45, 2.75) is 16.5 Å². The van der Waals surface area contributed by atoms with E-state index in [0.29, 0.717) is 4.34 Å². The maximum atomic E-state index is 13.4. The summed E-state index contributed by atoms with van der Waals surface area (Å²) in [4.78, 5) is 11.8. The van der Waals surface area contributed by atoms with Gasteiger partial charge in [-0.15, -0.1) is 10.2 Å². The minimum absolute atomic E-state index is 0.0453. The van der Waals surface area contributed by atoms with E-state index in [-0.39, 0.29) is 11.6 Å². The van der Waals surface area contributed by atoms with E-state index in [0.717, 1.165) is 12.1 Å². The van der Waals surface area contributed by atoms with E-state index in [2.05, 4.69) is 15.5 Å². The molecule has 0 aliphatic carbocycles. The molecule has 2 aromatic rings. The number of thioether (sulfide) groups is 1. The fourth-order valence-electron chi connectivity index (χ4n) is 1.24. The fourth-order valence-corrected chi connectivity index (χ4v) is 2.87. The summed E-state index contributed by atoms with van der Waals surface area (Å²) in [7, 11) is 0. The lowest BCUT2D eigenvalue weighted by Crippen LogP contribution is -2.22. The van der Waals surface area contributed by atoms with Crippen LogP contribution in [-0.4, -0.2) is 21.4 Å². The molecular formula is C11H9F2N3OS2. The summed E-state index contributed by atoms with van der Waals surface area (Å²) in [6, 6.07) is 2.99. The number of hydrogen-bond acceptors (Lipinski definition) is 5. The van der Waals surface area contributed by atoms with Crippen molar-refractivity contribution in [1.82, 2.24) is 10.2 Å². The van der Waals surface area contributed by atoms with E-state index in [1.54, 1.807) is 12.4 Å². The second kappa shape index (κ2) is 6.07. The van der Waals surface area contributed by atoms with Crippen LogP contribution in [0.15, 0.2) is 28.0 Å². The van der Waals surface area contributed by atoms with Gasteiger partial charge in [0.25, 0.3) is 0 Å². The normalized spacial score (nSPS) is 12.2. The van der Waals surface area contributed by atoms with Gasteiger partial charge in [-0.25, -0.2) is 8.78 Å². The summed E-state index contributed by atoms with van der Waals surface area (Å²) in [5, 5.41) is 9.40. The summed E-state index contributed by atoms with van der Waals surface area (Å²) >= 11 is 2.54. The number of nitrogens with zero attached hydrogens (tertiary/aromatic N) is 2. The van der Waals surface area contributed by atoms with Crippen LogP contribution in [0.1, 0.15) is 6.92 Å². The minimum atomic E-state index is -0.804. The van der Waals surface area contributed by atoms with E-state index in [1.165, 1.54) is 29.2 Å². The van der Waals surface area contributed by atoms with Crippen molar-refractivity contribution >= 4 is 34.7 Å². The van der Waals surface area contributed by atoms with Crippen molar-refractivity contribution in [3.8, 4) is 0 Å². The van der Waals surface area contributed by atoms with Crippen molar-refractivity contribution in [3.05, 3.63) is 35.3 Å². The highest BCUT2D eigenvalue weighted by Crippen LogP contribution is 2.25. The molecule has 0 radical (unpaired) electrons. The largest absolute Gasteiger partial charge is 0.323 e. The maximum Gasteiger partial charge on any atom is 0.237 e. The number of carbonyl (C=O) groups is 1. The van der Waals surface area contributed by atoms with Gasteiger partial charge >= 0.3 is 0 Å². The van der Waals surface area contributed by atoms with Gasteiger partial charge in [0.15, 0.2) is 4.34 Å². The zero-order chi connectivity index (χ0) is 13.8. The third-order valence-corrected chi connectivity index (χ3v) is 4.09. The second-order valence-electron chi connectivity index (χ2n) is 3.58. The minimum Gasteiger partial charge on any atom is -0.323 e. The van der Waals surface area contributed by atoms with Gasteiger partial charge in [-0.05, 0) is 19.1 Å². The number of amides is 1. The lowest BCUT2D eigenvalue weighted by molar-refractivity contribution is -0.115. The number of nitrogens with one attached hydrogen (secondary N) is 1. The molecule has 1 aromatic carbocycles. The molecule has 1 amide bonds. The molecule has 1 aromatic heterocycles.